The van der Waals surface area contributed by atoms with Gasteiger partial charge in [0, 0.05) is 6.07 Å². The molecule has 0 aromatic heterocycles. The normalized spacial score (nSPS) is 17.9. The van der Waals surface area contributed by atoms with Gasteiger partial charge >= 0.3 is 5.97 Å². The van der Waals surface area contributed by atoms with Gasteiger partial charge in [-0.15, -0.1) is 0 Å². The molecule has 0 saturated heterocycles. The highest BCUT2D eigenvalue weighted by Crippen LogP contribution is 2.36. The average Bonchev–Trinajstić information content (AvgIpc) is 2.27. The molecule has 16 heavy (non-hydrogen) atoms. The van der Waals surface area contributed by atoms with E-state index in [1.165, 1.54) is 12.1 Å². The smallest absolute Gasteiger partial charge is 0.329 e. The first-order chi connectivity index (χ1) is 7.59. The number of hydrogen-bond donors (Lipinski definition) is 2. The Balaban J connectivity index is 2.41. The van der Waals surface area contributed by atoms with Crippen LogP contribution in [0.25, 0.3) is 0 Å². The number of aliphatic carboxylic acids is 1. The maximum Gasteiger partial charge on any atom is 0.329 e. The standard InChI is InChI=1S/C9H8N2O5/c12-9(13)5-4-16-7-3-1-2-6(11(14)15)8(7)10-5/h1-3,5,10H,4H2,(H,12,13). The third kappa shape index (κ3) is 1.62. The second-order valence-electron chi connectivity index (χ2n) is 3.25. The monoisotopic (exact) mass is 224 g/mol. The van der Waals surface area contributed by atoms with Gasteiger partial charge in [-0.3, -0.25) is 10.1 Å². The predicted molar refractivity (Wildman–Crippen MR) is 53.6 cm³/mol. The van der Waals surface area contributed by atoms with E-state index in [4.69, 9.17) is 9.84 Å². The van der Waals surface area contributed by atoms with Gasteiger partial charge < -0.3 is 15.2 Å². The molecule has 2 rings (SSSR count). The zero-order valence-electron chi connectivity index (χ0n) is 8.04. The molecule has 1 aromatic rings. The lowest BCUT2D eigenvalue weighted by Gasteiger charge is -2.24. The molecule has 2 N–H and O–H groups in total. The van der Waals surface area contributed by atoms with Crippen molar-refractivity contribution in [2.24, 2.45) is 0 Å². The van der Waals surface area contributed by atoms with Crippen LogP contribution in [0.5, 0.6) is 5.75 Å². The molecular weight excluding hydrogens is 216 g/mol. The van der Waals surface area contributed by atoms with Crippen molar-refractivity contribution < 1.29 is 19.6 Å². The molecule has 0 radical (unpaired) electrons. The summed E-state index contributed by atoms with van der Waals surface area (Å²) in [6, 6.07) is 3.36. The zero-order valence-corrected chi connectivity index (χ0v) is 8.04. The van der Waals surface area contributed by atoms with E-state index in [0.717, 1.165) is 0 Å². The number of para-hydroxylation sites is 1. The van der Waals surface area contributed by atoms with Crippen LogP contribution in [0.2, 0.25) is 0 Å². The van der Waals surface area contributed by atoms with Crippen LogP contribution in [0.4, 0.5) is 11.4 Å². The number of nitro benzene ring substituents is 1. The van der Waals surface area contributed by atoms with Gasteiger partial charge in [0.25, 0.3) is 5.69 Å². The van der Waals surface area contributed by atoms with E-state index in [1.807, 2.05) is 0 Å². The quantitative estimate of drug-likeness (QED) is 0.570. The number of fused-ring (bicyclic) bond motifs is 1. The number of nitrogens with zero attached hydrogens (tertiary/aromatic N) is 1. The Bertz CT molecular complexity index is 459. The molecule has 7 heteroatoms. The molecule has 1 unspecified atom stereocenters. The summed E-state index contributed by atoms with van der Waals surface area (Å²) in [6.07, 6.45) is 0. The van der Waals surface area contributed by atoms with Crippen LogP contribution in [0.3, 0.4) is 0 Å². The lowest BCUT2D eigenvalue weighted by molar-refractivity contribution is -0.384. The summed E-state index contributed by atoms with van der Waals surface area (Å²) in [5.74, 6) is -0.810. The second kappa shape index (κ2) is 3.69. The number of ether oxygens (including phenoxy) is 1. The number of carboxylic acids is 1. The molecular formula is C9H8N2O5. The van der Waals surface area contributed by atoms with E-state index in [-0.39, 0.29) is 18.0 Å². The second-order valence-corrected chi connectivity index (χ2v) is 3.25. The summed E-state index contributed by atoms with van der Waals surface area (Å²) in [6.45, 7) is -0.0521. The number of carboxylic acid groups (broad SMARTS) is 1. The Morgan fingerprint density at radius 1 is 1.62 bits per heavy atom. The van der Waals surface area contributed by atoms with Gasteiger partial charge in [0.05, 0.1) is 4.92 Å². The fourth-order valence-corrected chi connectivity index (χ4v) is 1.46. The SMILES string of the molecule is O=C(O)C1COc2cccc([N+](=O)[O-])c2N1. The van der Waals surface area contributed by atoms with Gasteiger partial charge in [0.15, 0.2) is 11.7 Å². The Hall–Kier alpha value is -2.31. The number of nitro groups is 1. The van der Waals surface area contributed by atoms with Crippen LogP contribution in [-0.4, -0.2) is 28.6 Å². The van der Waals surface area contributed by atoms with Crippen molar-refractivity contribution in [3.05, 3.63) is 28.3 Å². The minimum Gasteiger partial charge on any atom is -0.488 e. The highest BCUT2D eigenvalue weighted by atomic mass is 16.6. The van der Waals surface area contributed by atoms with E-state index < -0.39 is 16.9 Å². The maximum atomic E-state index is 10.7. The Morgan fingerprint density at radius 2 is 2.38 bits per heavy atom. The molecule has 1 aromatic carbocycles. The Labute approximate surface area is 89.8 Å². The van der Waals surface area contributed by atoms with Crippen LogP contribution < -0.4 is 10.1 Å². The molecule has 1 atom stereocenters. The fraction of sp³-hybridized carbons (Fsp3) is 0.222. The first-order valence-electron chi connectivity index (χ1n) is 4.49. The van der Waals surface area contributed by atoms with Crippen molar-refractivity contribution in [3.63, 3.8) is 0 Å². The minimum absolute atomic E-state index is 0.0521. The van der Waals surface area contributed by atoms with Crippen molar-refractivity contribution in [2.45, 2.75) is 6.04 Å². The minimum atomic E-state index is -1.11. The van der Waals surface area contributed by atoms with Crippen molar-refractivity contribution in [2.75, 3.05) is 11.9 Å². The molecule has 0 saturated carbocycles. The molecule has 1 heterocycles. The first kappa shape index (κ1) is 10.2. The molecule has 0 bridgehead atoms. The van der Waals surface area contributed by atoms with Gasteiger partial charge in [-0.2, -0.15) is 0 Å². The molecule has 0 fully saturated rings. The number of carbonyl (C=O) groups is 1. The molecule has 0 spiro atoms. The van der Waals surface area contributed by atoms with Crippen molar-refractivity contribution in [1.29, 1.82) is 0 Å². The zero-order chi connectivity index (χ0) is 11.7. The van der Waals surface area contributed by atoms with Crippen LogP contribution in [0.1, 0.15) is 0 Å². The van der Waals surface area contributed by atoms with Crippen LogP contribution >= 0.6 is 0 Å². The van der Waals surface area contributed by atoms with Crippen molar-refractivity contribution >= 4 is 17.3 Å². The van der Waals surface area contributed by atoms with Crippen molar-refractivity contribution in [1.82, 2.24) is 0 Å². The lowest BCUT2D eigenvalue weighted by atomic mass is 10.2. The topological polar surface area (TPSA) is 102 Å². The van der Waals surface area contributed by atoms with E-state index in [2.05, 4.69) is 5.32 Å². The highest BCUT2D eigenvalue weighted by molar-refractivity contribution is 5.82. The van der Waals surface area contributed by atoms with E-state index >= 15 is 0 Å². The van der Waals surface area contributed by atoms with Crippen LogP contribution in [0.15, 0.2) is 18.2 Å². The molecule has 7 nitrogen and oxygen atoms in total. The summed E-state index contributed by atoms with van der Waals surface area (Å²) >= 11 is 0. The van der Waals surface area contributed by atoms with E-state index in [1.54, 1.807) is 6.07 Å². The average molecular weight is 224 g/mol. The highest BCUT2D eigenvalue weighted by Gasteiger charge is 2.29. The number of nitrogens with one attached hydrogen (secondary N) is 1. The van der Waals surface area contributed by atoms with Crippen molar-refractivity contribution in [3.8, 4) is 5.75 Å². The number of anilines is 1. The Morgan fingerprint density at radius 3 is 3.00 bits per heavy atom. The fourth-order valence-electron chi connectivity index (χ4n) is 1.46. The molecule has 0 aliphatic carbocycles. The molecule has 1 aliphatic rings. The number of hydrogen-bond acceptors (Lipinski definition) is 5. The van der Waals surface area contributed by atoms with E-state index in [9.17, 15) is 14.9 Å². The van der Waals surface area contributed by atoms with Gasteiger partial charge in [-0.1, -0.05) is 6.07 Å². The van der Waals surface area contributed by atoms with Crippen LogP contribution in [0, 0.1) is 10.1 Å². The molecule has 84 valence electrons. The summed E-state index contributed by atoms with van der Waals surface area (Å²) in [5.41, 5.74) is -0.0744. The van der Waals surface area contributed by atoms with Gasteiger partial charge in [0.1, 0.15) is 12.4 Å². The van der Waals surface area contributed by atoms with Gasteiger partial charge in [-0.25, -0.2) is 4.79 Å². The van der Waals surface area contributed by atoms with Crippen LogP contribution in [-0.2, 0) is 4.79 Å². The predicted octanol–water partition coefficient (Wildman–Crippen LogP) is 0.852. The summed E-state index contributed by atoms with van der Waals surface area (Å²) in [5, 5.41) is 22.1. The largest absolute Gasteiger partial charge is 0.488 e. The maximum absolute atomic E-state index is 10.7. The van der Waals surface area contributed by atoms with Gasteiger partial charge in [-0.05, 0) is 6.07 Å². The molecule has 1 aliphatic heterocycles. The van der Waals surface area contributed by atoms with Gasteiger partial charge in [0.2, 0.25) is 0 Å². The van der Waals surface area contributed by atoms with E-state index in [0.29, 0.717) is 5.75 Å². The Kier molecular flexibility index (Phi) is 2.35. The number of benzene rings is 1. The summed E-state index contributed by atoms with van der Waals surface area (Å²) in [7, 11) is 0. The third-order valence-corrected chi connectivity index (χ3v) is 2.22. The number of rotatable bonds is 2. The summed E-state index contributed by atoms with van der Waals surface area (Å²) in [4.78, 5) is 20.9. The molecule has 0 amide bonds. The third-order valence-electron chi connectivity index (χ3n) is 2.22. The first-order valence-corrected chi connectivity index (χ1v) is 4.49. The lowest BCUT2D eigenvalue weighted by Crippen LogP contribution is -2.38. The summed E-state index contributed by atoms with van der Waals surface area (Å²) < 4.78 is 5.14.